The molecule has 6 rings (SSSR count). The summed E-state index contributed by atoms with van der Waals surface area (Å²) >= 11 is 0. The SMILES string of the molecule is COc1ccc(-c2cc(CO)on2)cc1C(=O)N[C@@H]1[C@@H](CC(=O)Nc2ccc(F)c(C(F)(F)F)c2)[C@H]2CC[C@@H]1/C2=C\C1CC1. The maximum atomic E-state index is 13.8. The van der Waals surface area contributed by atoms with E-state index in [-0.39, 0.29) is 47.8 Å². The van der Waals surface area contributed by atoms with Gasteiger partial charge in [-0.15, -0.1) is 0 Å². The summed E-state index contributed by atoms with van der Waals surface area (Å²) in [7, 11) is 1.45. The third-order valence-corrected chi connectivity index (χ3v) is 8.84. The molecule has 3 aliphatic carbocycles. The first kappa shape index (κ1) is 29.9. The lowest BCUT2D eigenvalue weighted by Gasteiger charge is -2.31. The second-order valence-corrected chi connectivity index (χ2v) is 11.7. The fraction of sp³-hybridized carbons (Fsp3) is 0.406. The van der Waals surface area contributed by atoms with Gasteiger partial charge in [0.2, 0.25) is 5.91 Å². The number of aliphatic hydroxyl groups is 1. The first-order valence-corrected chi connectivity index (χ1v) is 14.5. The average Bonchev–Trinajstić information content (AvgIpc) is 3.42. The Morgan fingerprint density at radius 1 is 1.09 bits per heavy atom. The predicted octanol–water partition coefficient (Wildman–Crippen LogP) is 6.12. The third-order valence-electron chi connectivity index (χ3n) is 8.84. The van der Waals surface area contributed by atoms with Crippen LogP contribution in [0, 0.1) is 29.5 Å². The van der Waals surface area contributed by atoms with Crippen LogP contribution in [0.15, 0.2) is 58.6 Å². The standard InChI is InChI=1S/C32H31F4N3O5/c1-43-28-9-4-17(27-13-19(15-40)44-39-27)11-24(28)31(42)38-30-21-7-6-20(22(21)10-16-2-3-16)23(30)14-29(41)37-18-5-8-26(33)25(12-18)32(34,35)36/h4-5,8-13,16,20-21,23,30,40H,2-3,6-7,14-15H2,1H3,(H,37,41)(H,38,42)/b22-10-/t20-,21+,23-,30-/m0/s1. The molecule has 3 fully saturated rings. The van der Waals surface area contributed by atoms with Gasteiger partial charge in [0, 0.05) is 35.7 Å². The zero-order chi connectivity index (χ0) is 31.2. The summed E-state index contributed by atoms with van der Waals surface area (Å²) in [6.45, 7) is -0.322. The van der Waals surface area contributed by atoms with Gasteiger partial charge in [-0.2, -0.15) is 13.2 Å². The Morgan fingerprint density at radius 3 is 2.55 bits per heavy atom. The van der Waals surface area contributed by atoms with Gasteiger partial charge in [0.1, 0.15) is 23.9 Å². The first-order chi connectivity index (χ1) is 21.0. The Bertz CT molecular complexity index is 1610. The Balaban J connectivity index is 1.25. The number of benzene rings is 2. The monoisotopic (exact) mass is 613 g/mol. The van der Waals surface area contributed by atoms with Crippen LogP contribution in [-0.2, 0) is 17.6 Å². The minimum atomic E-state index is -4.90. The van der Waals surface area contributed by atoms with E-state index in [4.69, 9.17) is 9.26 Å². The van der Waals surface area contributed by atoms with E-state index in [9.17, 15) is 32.3 Å². The number of hydrogen-bond acceptors (Lipinski definition) is 6. The molecule has 12 heteroatoms. The zero-order valence-corrected chi connectivity index (χ0v) is 23.8. The minimum Gasteiger partial charge on any atom is -0.496 e. The van der Waals surface area contributed by atoms with Gasteiger partial charge in [-0.05, 0) is 79.8 Å². The van der Waals surface area contributed by atoms with E-state index in [1.54, 1.807) is 24.3 Å². The summed E-state index contributed by atoms with van der Waals surface area (Å²) in [6, 6.07) is 8.52. The molecule has 3 aliphatic rings. The van der Waals surface area contributed by atoms with Crippen LogP contribution in [0.3, 0.4) is 0 Å². The normalized spacial score (nSPS) is 23.6. The van der Waals surface area contributed by atoms with E-state index in [1.165, 1.54) is 12.7 Å². The van der Waals surface area contributed by atoms with Crippen molar-refractivity contribution in [3.05, 3.63) is 76.8 Å². The molecule has 3 saturated carbocycles. The largest absolute Gasteiger partial charge is 0.496 e. The molecular formula is C32H31F4N3O5. The number of nitrogens with zero attached hydrogens (tertiary/aromatic N) is 1. The summed E-state index contributed by atoms with van der Waals surface area (Å²) in [5, 5.41) is 18.9. The number of aliphatic hydroxyl groups excluding tert-OH is 1. The molecule has 1 heterocycles. The number of aromatic nitrogens is 1. The van der Waals surface area contributed by atoms with Crippen LogP contribution in [0.5, 0.6) is 5.75 Å². The highest BCUT2D eigenvalue weighted by Crippen LogP contribution is 2.55. The molecule has 3 aromatic rings. The van der Waals surface area contributed by atoms with Crippen LogP contribution in [0.1, 0.15) is 53.8 Å². The number of fused-ring (bicyclic) bond motifs is 2. The number of anilines is 1. The van der Waals surface area contributed by atoms with Crippen LogP contribution >= 0.6 is 0 Å². The number of rotatable bonds is 9. The Morgan fingerprint density at radius 2 is 1.86 bits per heavy atom. The quantitative estimate of drug-likeness (QED) is 0.198. The zero-order valence-electron chi connectivity index (χ0n) is 23.8. The molecule has 0 radical (unpaired) electrons. The van der Waals surface area contributed by atoms with E-state index in [0.717, 1.165) is 31.7 Å². The van der Waals surface area contributed by atoms with E-state index in [2.05, 4.69) is 21.9 Å². The van der Waals surface area contributed by atoms with Crippen molar-refractivity contribution in [2.45, 2.75) is 50.9 Å². The number of alkyl halides is 3. The summed E-state index contributed by atoms with van der Waals surface area (Å²) < 4.78 is 64.0. The number of halogens is 4. The summed E-state index contributed by atoms with van der Waals surface area (Å²) in [6.07, 6.45) is 1.23. The predicted molar refractivity (Wildman–Crippen MR) is 151 cm³/mol. The summed E-state index contributed by atoms with van der Waals surface area (Å²) in [4.78, 5) is 27.0. The number of nitrogens with one attached hydrogen (secondary N) is 2. The molecular weight excluding hydrogens is 582 g/mol. The van der Waals surface area contributed by atoms with Gasteiger partial charge in [-0.1, -0.05) is 16.8 Å². The molecule has 2 aromatic carbocycles. The van der Waals surface area contributed by atoms with Crippen molar-refractivity contribution in [2.75, 3.05) is 12.4 Å². The number of carbonyl (C=O) groups excluding carboxylic acids is 2. The van der Waals surface area contributed by atoms with Crippen LogP contribution in [0.4, 0.5) is 23.2 Å². The molecule has 0 spiro atoms. The van der Waals surface area contributed by atoms with Crippen molar-refractivity contribution in [3.63, 3.8) is 0 Å². The Kier molecular flexibility index (Phi) is 7.95. The average molecular weight is 614 g/mol. The van der Waals surface area contributed by atoms with Crippen molar-refractivity contribution in [3.8, 4) is 17.0 Å². The smallest absolute Gasteiger partial charge is 0.419 e. The van der Waals surface area contributed by atoms with E-state index in [1.807, 2.05) is 0 Å². The van der Waals surface area contributed by atoms with Gasteiger partial charge in [-0.25, -0.2) is 4.39 Å². The number of methoxy groups -OCH3 is 1. The van der Waals surface area contributed by atoms with E-state index >= 15 is 0 Å². The maximum absolute atomic E-state index is 13.8. The van der Waals surface area contributed by atoms with Gasteiger partial charge < -0.3 is 25.0 Å². The lowest BCUT2D eigenvalue weighted by Crippen LogP contribution is -2.45. The van der Waals surface area contributed by atoms with Gasteiger partial charge >= 0.3 is 6.18 Å². The van der Waals surface area contributed by atoms with Crippen molar-refractivity contribution < 1.29 is 41.5 Å². The van der Waals surface area contributed by atoms with Crippen molar-refractivity contribution in [1.82, 2.24) is 10.5 Å². The van der Waals surface area contributed by atoms with Crippen molar-refractivity contribution in [2.24, 2.45) is 23.7 Å². The minimum absolute atomic E-state index is 0.0295. The van der Waals surface area contributed by atoms with Crippen LogP contribution < -0.4 is 15.4 Å². The van der Waals surface area contributed by atoms with Gasteiger partial charge in [0.15, 0.2) is 5.76 Å². The molecule has 8 nitrogen and oxygen atoms in total. The third kappa shape index (κ3) is 5.95. The highest BCUT2D eigenvalue weighted by atomic mass is 19.4. The van der Waals surface area contributed by atoms with Crippen LogP contribution in [0.25, 0.3) is 11.3 Å². The Labute approximate surface area is 250 Å². The highest BCUT2D eigenvalue weighted by molar-refractivity contribution is 5.98. The topological polar surface area (TPSA) is 114 Å². The molecule has 2 bridgehead atoms. The fourth-order valence-corrected chi connectivity index (χ4v) is 6.67. The molecule has 4 atom stereocenters. The van der Waals surface area contributed by atoms with E-state index < -0.39 is 35.4 Å². The lowest BCUT2D eigenvalue weighted by atomic mass is 9.81. The van der Waals surface area contributed by atoms with Gasteiger partial charge in [-0.3, -0.25) is 9.59 Å². The van der Waals surface area contributed by atoms with Gasteiger partial charge in [0.25, 0.3) is 5.91 Å². The fourth-order valence-electron chi connectivity index (χ4n) is 6.67. The summed E-state index contributed by atoms with van der Waals surface area (Å²) in [5.74, 6) is -1.46. The number of ether oxygens (including phenoxy) is 1. The molecule has 232 valence electrons. The second-order valence-electron chi connectivity index (χ2n) is 11.7. The number of hydrogen-bond donors (Lipinski definition) is 3. The first-order valence-electron chi connectivity index (χ1n) is 14.5. The maximum Gasteiger partial charge on any atom is 0.419 e. The highest BCUT2D eigenvalue weighted by Gasteiger charge is 2.52. The van der Waals surface area contributed by atoms with E-state index in [0.29, 0.717) is 35.1 Å². The second kappa shape index (κ2) is 11.7. The molecule has 44 heavy (non-hydrogen) atoms. The molecule has 0 unspecified atom stereocenters. The van der Waals surface area contributed by atoms with Crippen LogP contribution in [0.2, 0.25) is 0 Å². The van der Waals surface area contributed by atoms with Crippen LogP contribution in [-0.4, -0.2) is 35.2 Å². The molecule has 2 amide bonds. The molecule has 0 saturated heterocycles. The van der Waals surface area contributed by atoms with Gasteiger partial charge in [0.05, 0.1) is 18.2 Å². The summed E-state index contributed by atoms with van der Waals surface area (Å²) in [5.41, 5.74) is 0.892. The molecule has 3 N–H and O–H groups in total. The molecule has 0 aliphatic heterocycles. The number of amides is 2. The molecule has 1 aromatic heterocycles. The Hall–Kier alpha value is -4.19. The number of allylic oxidation sites excluding steroid dienone is 1. The lowest BCUT2D eigenvalue weighted by molar-refractivity contribution is -0.140. The van der Waals surface area contributed by atoms with Crippen molar-refractivity contribution in [1.29, 1.82) is 0 Å². The number of carbonyl (C=O) groups is 2. The van der Waals surface area contributed by atoms with Crippen molar-refractivity contribution >= 4 is 17.5 Å².